The summed E-state index contributed by atoms with van der Waals surface area (Å²) >= 11 is 0. The lowest BCUT2D eigenvalue weighted by molar-refractivity contribution is 1.09. The zero-order valence-corrected chi connectivity index (χ0v) is 28.2. The van der Waals surface area contributed by atoms with Crippen LogP contribution in [0.4, 0.5) is 0 Å². The van der Waals surface area contributed by atoms with Gasteiger partial charge in [0.15, 0.2) is 0 Å². The Bertz CT molecular complexity index is 2510. The highest BCUT2D eigenvalue weighted by Crippen LogP contribution is 2.43. The first-order chi connectivity index (χ1) is 25.8. The minimum absolute atomic E-state index is 0.941. The number of benzene rings is 6. The summed E-state index contributed by atoms with van der Waals surface area (Å²) in [6, 6.07) is 55.9. The van der Waals surface area contributed by atoms with Crippen LogP contribution < -0.4 is 0 Å². The lowest BCUT2D eigenvalue weighted by Crippen LogP contribution is -1.94. The van der Waals surface area contributed by atoms with E-state index in [4.69, 9.17) is 4.98 Å². The Kier molecular flexibility index (Phi) is 8.12. The summed E-state index contributed by atoms with van der Waals surface area (Å²) in [7, 11) is 0. The fourth-order valence-electron chi connectivity index (χ4n) is 7.13. The van der Waals surface area contributed by atoms with Crippen molar-refractivity contribution in [1.82, 2.24) is 25.4 Å². The first-order valence-electron chi connectivity index (χ1n) is 17.3. The largest absolute Gasteiger partial charge is 0.285 e. The third-order valence-corrected chi connectivity index (χ3v) is 9.61. The molecular formula is C47H33N5. The highest BCUT2D eigenvalue weighted by Gasteiger charge is 2.18. The summed E-state index contributed by atoms with van der Waals surface area (Å²) in [5.74, 6) is 0. The third kappa shape index (κ3) is 5.91. The van der Waals surface area contributed by atoms with Gasteiger partial charge in [-0.25, -0.2) is 0 Å². The average Bonchev–Trinajstić information content (AvgIpc) is 3.98. The molecule has 52 heavy (non-hydrogen) atoms. The number of nitrogens with zero attached hydrogens (tertiary/aromatic N) is 3. The number of hydrogen-bond donors (Lipinski definition) is 2. The van der Waals surface area contributed by atoms with Gasteiger partial charge in [0.1, 0.15) is 0 Å². The van der Waals surface area contributed by atoms with E-state index < -0.39 is 0 Å². The van der Waals surface area contributed by atoms with E-state index >= 15 is 0 Å². The molecule has 0 fully saturated rings. The Hall–Kier alpha value is -7.11. The molecule has 0 aliphatic rings. The fourth-order valence-corrected chi connectivity index (χ4v) is 7.13. The van der Waals surface area contributed by atoms with E-state index in [9.17, 15) is 0 Å². The number of pyridine rings is 1. The molecule has 3 heterocycles. The maximum absolute atomic E-state index is 5.04. The summed E-state index contributed by atoms with van der Waals surface area (Å²) in [5.41, 5.74) is 17.5. The van der Waals surface area contributed by atoms with Crippen LogP contribution in [0.15, 0.2) is 189 Å². The summed E-state index contributed by atoms with van der Waals surface area (Å²) in [6.45, 7) is 0. The van der Waals surface area contributed by atoms with Crippen molar-refractivity contribution in [3.8, 4) is 89.1 Å². The molecule has 0 atom stereocenters. The summed E-state index contributed by atoms with van der Waals surface area (Å²) in [4.78, 5) is 5.04. The maximum atomic E-state index is 5.04. The predicted octanol–water partition coefficient (Wildman–Crippen LogP) is 11.9. The number of aromatic nitrogens is 5. The van der Waals surface area contributed by atoms with Gasteiger partial charge in [0.2, 0.25) is 0 Å². The highest BCUT2D eigenvalue weighted by molar-refractivity contribution is 5.96. The van der Waals surface area contributed by atoms with Crippen molar-refractivity contribution in [2.75, 3.05) is 0 Å². The van der Waals surface area contributed by atoms with Crippen molar-refractivity contribution in [3.05, 3.63) is 189 Å². The van der Waals surface area contributed by atoms with Gasteiger partial charge in [-0.2, -0.15) is 10.2 Å². The molecule has 0 aliphatic heterocycles. The van der Waals surface area contributed by atoms with Gasteiger partial charge in [-0.1, -0.05) is 133 Å². The van der Waals surface area contributed by atoms with Crippen molar-refractivity contribution in [2.45, 2.75) is 0 Å². The number of nitrogens with one attached hydrogen (secondary N) is 2. The van der Waals surface area contributed by atoms with Gasteiger partial charge in [0.05, 0.1) is 18.1 Å². The van der Waals surface area contributed by atoms with Gasteiger partial charge < -0.3 is 0 Å². The zero-order valence-electron chi connectivity index (χ0n) is 28.2. The molecule has 0 unspecified atom stereocenters. The summed E-state index contributed by atoms with van der Waals surface area (Å²) in [6.07, 6.45) is 9.69. The van der Waals surface area contributed by atoms with Crippen molar-refractivity contribution in [2.24, 2.45) is 0 Å². The van der Waals surface area contributed by atoms with Crippen molar-refractivity contribution in [3.63, 3.8) is 0 Å². The van der Waals surface area contributed by atoms with Crippen molar-refractivity contribution < 1.29 is 0 Å². The topological polar surface area (TPSA) is 70.2 Å². The molecule has 0 radical (unpaired) electrons. The first-order valence-corrected chi connectivity index (χ1v) is 17.3. The van der Waals surface area contributed by atoms with E-state index in [-0.39, 0.29) is 0 Å². The van der Waals surface area contributed by atoms with Gasteiger partial charge in [-0.05, 0) is 85.5 Å². The molecule has 9 rings (SSSR count). The minimum Gasteiger partial charge on any atom is -0.285 e. The minimum atomic E-state index is 0.941. The highest BCUT2D eigenvalue weighted by atomic mass is 15.1. The van der Waals surface area contributed by atoms with E-state index in [0.717, 1.165) is 89.1 Å². The lowest BCUT2D eigenvalue weighted by Gasteiger charge is -2.18. The summed E-state index contributed by atoms with van der Waals surface area (Å²) < 4.78 is 0. The Morgan fingerprint density at radius 2 is 0.692 bits per heavy atom. The number of rotatable bonds is 8. The van der Waals surface area contributed by atoms with Crippen LogP contribution in [0.25, 0.3) is 89.1 Å². The van der Waals surface area contributed by atoms with Crippen LogP contribution in [0.3, 0.4) is 0 Å². The standard InChI is InChI=1S/C47H33N5/c1-3-13-32(14-4-1)45-26-47(33-15-5-2-6-16-33)48-31-46(45)44-22-12-11-19-41(44)36-24-34(39-17-7-9-20-42(39)37-27-49-50-28-37)23-35(25-36)40-18-8-10-21-43(40)38-29-51-52-30-38/h1-31H,(H,49,50)(H,51,52). The fraction of sp³-hybridized carbons (Fsp3) is 0. The smallest absolute Gasteiger partial charge is 0.0708 e. The number of aromatic amines is 2. The molecule has 5 nitrogen and oxygen atoms in total. The van der Waals surface area contributed by atoms with E-state index in [1.165, 1.54) is 0 Å². The molecule has 0 amide bonds. The Morgan fingerprint density at radius 1 is 0.288 bits per heavy atom. The SMILES string of the molecule is c1ccc(-c2cc(-c3ccccc3)c(-c3ccccc3-c3cc(-c4ccccc4-c4cn[nH]c4)cc(-c4ccccc4-c4cn[nH]c4)c3)cn2)cc1. The quantitative estimate of drug-likeness (QED) is 0.169. The molecule has 3 aromatic heterocycles. The van der Waals surface area contributed by atoms with Crippen LogP contribution in [0, 0.1) is 0 Å². The monoisotopic (exact) mass is 667 g/mol. The molecule has 6 aromatic carbocycles. The summed E-state index contributed by atoms with van der Waals surface area (Å²) in [5, 5.41) is 14.5. The molecule has 0 aliphatic carbocycles. The van der Waals surface area contributed by atoms with E-state index in [1.54, 1.807) is 0 Å². The van der Waals surface area contributed by atoms with Crippen LogP contribution in [0.5, 0.6) is 0 Å². The van der Waals surface area contributed by atoms with Crippen molar-refractivity contribution >= 4 is 0 Å². The first kappa shape index (κ1) is 30.9. The maximum Gasteiger partial charge on any atom is 0.0708 e. The number of H-pyrrole nitrogens is 2. The normalized spacial score (nSPS) is 11.1. The van der Waals surface area contributed by atoms with Gasteiger partial charge in [-0.15, -0.1) is 0 Å². The molecule has 0 bridgehead atoms. The van der Waals surface area contributed by atoms with Gasteiger partial charge in [0, 0.05) is 40.8 Å². The van der Waals surface area contributed by atoms with Gasteiger partial charge >= 0.3 is 0 Å². The van der Waals surface area contributed by atoms with E-state index in [0.29, 0.717) is 0 Å². The van der Waals surface area contributed by atoms with E-state index in [2.05, 4.69) is 172 Å². The molecule has 246 valence electrons. The van der Waals surface area contributed by atoms with Gasteiger partial charge in [0.25, 0.3) is 0 Å². The average molecular weight is 668 g/mol. The van der Waals surface area contributed by atoms with Crippen LogP contribution in [-0.4, -0.2) is 25.4 Å². The molecule has 9 aromatic rings. The zero-order chi connectivity index (χ0) is 34.7. The second-order valence-corrected chi connectivity index (χ2v) is 12.8. The Balaban J connectivity index is 1.28. The number of hydrogen-bond acceptors (Lipinski definition) is 3. The molecule has 0 saturated heterocycles. The second-order valence-electron chi connectivity index (χ2n) is 12.8. The molecule has 0 spiro atoms. The van der Waals surface area contributed by atoms with Crippen LogP contribution in [0.1, 0.15) is 0 Å². The van der Waals surface area contributed by atoms with E-state index in [1.807, 2.05) is 37.1 Å². The molecule has 0 saturated carbocycles. The Labute approximate surface area is 302 Å². The van der Waals surface area contributed by atoms with Crippen molar-refractivity contribution in [1.29, 1.82) is 0 Å². The van der Waals surface area contributed by atoms with Crippen LogP contribution in [-0.2, 0) is 0 Å². The predicted molar refractivity (Wildman–Crippen MR) is 212 cm³/mol. The molecule has 5 heteroatoms. The molecule has 2 N–H and O–H groups in total. The van der Waals surface area contributed by atoms with Crippen LogP contribution >= 0.6 is 0 Å². The third-order valence-electron chi connectivity index (χ3n) is 9.61. The Morgan fingerprint density at radius 3 is 1.15 bits per heavy atom. The van der Waals surface area contributed by atoms with Crippen LogP contribution in [0.2, 0.25) is 0 Å². The lowest BCUT2D eigenvalue weighted by atomic mass is 9.85. The van der Waals surface area contributed by atoms with Gasteiger partial charge in [-0.3, -0.25) is 15.2 Å². The second kappa shape index (κ2) is 13.7. The molecular weight excluding hydrogens is 635 g/mol.